The molecule has 0 aliphatic carbocycles. The van der Waals surface area contributed by atoms with E-state index in [1.54, 1.807) is 0 Å². The molecule has 0 fully saturated rings. The molecule has 76 heavy (non-hydrogen) atoms. The van der Waals surface area contributed by atoms with E-state index < -0.39 is 0 Å². The third kappa shape index (κ3) is 6.23. The Morgan fingerprint density at radius 1 is 0.276 bits per heavy atom. The van der Waals surface area contributed by atoms with Gasteiger partial charge in [0.05, 0.1) is 61.0 Å². The second-order valence-electron chi connectivity index (χ2n) is 19.3. The van der Waals surface area contributed by atoms with Crippen molar-refractivity contribution in [1.82, 2.24) is 43.2 Å². The second-order valence-corrected chi connectivity index (χ2v) is 19.3. The Morgan fingerprint density at radius 3 is 1.34 bits per heavy atom. The van der Waals surface area contributed by atoms with Crippen molar-refractivity contribution in [3.8, 4) is 56.9 Å². The number of nitrogens with zero attached hydrogens (tertiary/aromatic N) is 9. The summed E-state index contributed by atoms with van der Waals surface area (Å²) in [7, 11) is 0. The zero-order chi connectivity index (χ0) is 49.8. The zero-order valence-corrected chi connectivity index (χ0v) is 40.7. The number of fused-ring (bicyclic) bond motifs is 12. The second kappa shape index (κ2) is 16.5. The summed E-state index contributed by atoms with van der Waals surface area (Å²) >= 11 is 0. The van der Waals surface area contributed by atoms with E-state index >= 15 is 0 Å². The lowest BCUT2D eigenvalue weighted by Crippen LogP contribution is -2.05. The van der Waals surface area contributed by atoms with Crippen molar-refractivity contribution >= 4 is 87.4 Å². The van der Waals surface area contributed by atoms with Gasteiger partial charge >= 0.3 is 0 Å². The molecule has 0 saturated heterocycles. The lowest BCUT2D eigenvalue weighted by Gasteiger charge is -2.16. The topological polar surface area (TPSA) is 84.2 Å². The first-order chi connectivity index (χ1) is 37.7. The van der Waals surface area contributed by atoms with Crippen LogP contribution in [-0.2, 0) is 0 Å². The molecule has 7 aromatic heterocycles. The molecule has 354 valence electrons. The number of hydrogen-bond acceptors (Lipinski definition) is 5. The maximum atomic E-state index is 5.46. The van der Waals surface area contributed by atoms with Gasteiger partial charge in [-0.2, -0.15) is 0 Å². The molecule has 9 nitrogen and oxygen atoms in total. The lowest BCUT2D eigenvalue weighted by molar-refractivity contribution is 1.06. The predicted molar refractivity (Wildman–Crippen MR) is 309 cm³/mol. The highest BCUT2D eigenvalue weighted by Crippen LogP contribution is 2.41. The van der Waals surface area contributed by atoms with Gasteiger partial charge in [-0.3, -0.25) is 9.97 Å². The lowest BCUT2D eigenvalue weighted by atomic mass is 10.1. The molecule has 0 atom stereocenters. The number of pyridine rings is 2. The van der Waals surface area contributed by atoms with Gasteiger partial charge in [-0.1, -0.05) is 115 Å². The monoisotopic (exact) mass is 971 g/mol. The SMILES string of the molecule is c1ccc(-n2c3ccccc3c3cnccc32)c(-c2nc(-c3ccc(-n4c5ccccc5c5cc(-n6c7ccccc7c7ccccc76)ccc54)cc3)nc(-c3ccccc3-n3c4ccccc4c4ncccc43)n2)c1. The summed E-state index contributed by atoms with van der Waals surface area (Å²) in [4.78, 5) is 25.7. The molecule has 0 N–H and O–H groups in total. The highest BCUT2D eigenvalue weighted by molar-refractivity contribution is 6.13. The van der Waals surface area contributed by atoms with Gasteiger partial charge in [-0.25, -0.2) is 15.0 Å². The Morgan fingerprint density at radius 2 is 0.711 bits per heavy atom. The highest BCUT2D eigenvalue weighted by atomic mass is 15.1. The van der Waals surface area contributed by atoms with E-state index in [-0.39, 0.29) is 0 Å². The fraction of sp³-hybridized carbons (Fsp3) is 0. The van der Waals surface area contributed by atoms with Crippen molar-refractivity contribution in [3.63, 3.8) is 0 Å². The molecule has 9 aromatic carbocycles. The summed E-state index contributed by atoms with van der Waals surface area (Å²) in [5.74, 6) is 1.67. The van der Waals surface area contributed by atoms with Crippen LogP contribution in [0.5, 0.6) is 0 Å². The number of benzene rings is 9. The normalized spacial score (nSPS) is 11.9. The van der Waals surface area contributed by atoms with Crippen molar-refractivity contribution in [2.24, 2.45) is 0 Å². The molecule has 16 aromatic rings. The van der Waals surface area contributed by atoms with Crippen LogP contribution >= 0.6 is 0 Å². The zero-order valence-electron chi connectivity index (χ0n) is 40.7. The molecule has 0 aliphatic heterocycles. The van der Waals surface area contributed by atoms with E-state index in [4.69, 9.17) is 19.9 Å². The van der Waals surface area contributed by atoms with Crippen LogP contribution in [0.3, 0.4) is 0 Å². The first kappa shape index (κ1) is 42.0. The summed E-state index contributed by atoms with van der Waals surface area (Å²) < 4.78 is 9.33. The van der Waals surface area contributed by atoms with Gasteiger partial charge in [0.25, 0.3) is 0 Å². The Kier molecular flexibility index (Phi) is 9.13. The minimum Gasteiger partial charge on any atom is -0.309 e. The molecule has 0 spiro atoms. The van der Waals surface area contributed by atoms with Crippen molar-refractivity contribution in [2.45, 2.75) is 0 Å². The van der Waals surface area contributed by atoms with Gasteiger partial charge in [0.2, 0.25) is 0 Å². The fourth-order valence-electron chi connectivity index (χ4n) is 11.9. The van der Waals surface area contributed by atoms with Crippen LogP contribution in [0.15, 0.2) is 249 Å². The Hall–Kier alpha value is -10.5. The van der Waals surface area contributed by atoms with Crippen LogP contribution in [0.4, 0.5) is 0 Å². The molecule has 0 unspecified atom stereocenters. The third-order valence-corrected chi connectivity index (χ3v) is 15.2. The van der Waals surface area contributed by atoms with Gasteiger partial charge in [0, 0.05) is 84.4 Å². The minimum atomic E-state index is 0.553. The standard InChI is InChI=1S/C67H41N9/c1-8-23-54-45(16-1)46-17-2-9-24-55(46)74(54)44-35-36-61-52(40-44)47-18-3-10-25-56(47)73(61)43-33-31-42(32-34-43)65-70-66(50-21-6-13-28-59(50)75-57-26-11-4-19-48(57)53-41-68-39-37-62(53)75)72-67(71-65)51-22-7-14-29-60(51)76-58-27-12-5-20-49(58)64-63(76)30-15-38-69-64/h1-41H. The van der Waals surface area contributed by atoms with Gasteiger partial charge in [0.15, 0.2) is 17.5 Å². The summed E-state index contributed by atoms with van der Waals surface area (Å²) in [6.45, 7) is 0. The number of aromatic nitrogens is 9. The molecule has 7 heterocycles. The van der Waals surface area contributed by atoms with Crippen LogP contribution in [0.1, 0.15) is 0 Å². The van der Waals surface area contributed by atoms with Crippen LogP contribution < -0.4 is 0 Å². The molecular formula is C67H41N9. The average Bonchev–Trinajstić information content (AvgIpc) is 4.24. The van der Waals surface area contributed by atoms with Crippen molar-refractivity contribution in [1.29, 1.82) is 0 Å². The quantitative estimate of drug-likeness (QED) is 0.159. The minimum absolute atomic E-state index is 0.553. The Balaban J connectivity index is 0.884. The molecular weight excluding hydrogens is 931 g/mol. The molecule has 0 saturated carbocycles. The first-order valence-electron chi connectivity index (χ1n) is 25.5. The van der Waals surface area contributed by atoms with Gasteiger partial charge in [-0.15, -0.1) is 0 Å². The van der Waals surface area contributed by atoms with Crippen molar-refractivity contribution in [2.75, 3.05) is 0 Å². The smallest absolute Gasteiger partial charge is 0.166 e. The van der Waals surface area contributed by atoms with Gasteiger partial charge < -0.3 is 18.3 Å². The number of hydrogen-bond donors (Lipinski definition) is 0. The van der Waals surface area contributed by atoms with E-state index in [0.717, 1.165) is 94.2 Å². The van der Waals surface area contributed by atoms with Gasteiger partial charge in [0.1, 0.15) is 0 Å². The van der Waals surface area contributed by atoms with E-state index in [1.165, 1.54) is 32.6 Å². The van der Waals surface area contributed by atoms with Crippen molar-refractivity contribution in [3.05, 3.63) is 249 Å². The average molecular weight is 972 g/mol. The third-order valence-electron chi connectivity index (χ3n) is 15.2. The largest absolute Gasteiger partial charge is 0.309 e. The Labute approximate surface area is 434 Å². The molecule has 9 heteroatoms. The summed E-state index contributed by atoms with van der Waals surface area (Å²) in [5.41, 5.74) is 16.4. The van der Waals surface area contributed by atoms with Crippen LogP contribution in [0, 0.1) is 0 Å². The van der Waals surface area contributed by atoms with E-state index in [2.05, 4.69) is 248 Å². The van der Waals surface area contributed by atoms with Crippen LogP contribution in [0.2, 0.25) is 0 Å². The van der Waals surface area contributed by atoms with Gasteiger partial charge in [-0.05, 0) is 115 Å². The maximum Gasteiger partial charge on any atom is 0.166 e. The summed E-state index contributed by atoms with van der Waals surface area (Å²) in [5, 5.41) is 8.13. The summed E-state index contributed by atoms with van der Waals surface area (Å²) in [6, 6.07) is 81.5. The highest BCUT2D eigenvalue weighted by Gasteiger charge is 2.23. The fourth-order valence-corrected chi connectivity index (χ4v) is 11.9. The number of para-hydroxylation sites is 7. The van der Waals surface area contributed by atoms with Crippen LogP contribution in [-0.4, -0.2) is 43.2 Å². The van der Waals surface area contributed by atoms with Crippen molar-refractivity contribution < 1.29 is 0 Å². The molecule has 0 amide bonds. The molecule has 0 radical (unpaired) electrons. The van der Waals surface area contributed by atoms with E-state index in [0.29, 0.717) is 17.5 Å². The Bertz CT molecular complexity index is 4680. The van der Waals surface area contributed by atoms with E-state index in [9.17, 15) is 0 Å². The summed E-state index contributed by atoms with van der Waals surface area (Å²) in [6.07, 6.45) is 5.66. The predicted octanol–water partition coefficient (Wildman–Crippen LogP) is 16.1. The maximum absolute atomic E-state index is 5.46. The van der Waals surface area contributed by atoms with Crippen LogP contribution in [0.25, 0.3) is 144 Å². The van der Waals surface area contributed by atoms with E-state index in [1.807, 2.05) is 24.7 Å². The number of rotatable bonds is 7. The molecule has 16 rings (SSSR count). The molecule has 0 aliphatic rings. The first-order valence-corrected chi connectivity index (χ1v) is 25.5. The molecule has 0 bridgehead atoms.